The summed E-state index contributed by atoms with van der Waals surface area (Å²) in [6.45, 7) is 5.85. The molecule has 0 aliphatic carbocycles. The summed E-state index contributed by atoms with van der Waals surface area (Å²) in [6.07, 6.45) is 0. The van der Waals surface area contributed by atoms with Crippen molar-refractivity contribution in [3.05, 3.63) is 53.9 Å². The molecule has 0 spiro atoms. The van der Waals surface area contributed by atoms with Gasteiger partial charge in [-0.2, -0.15) is 4.98 Å². The number of anilines is 1. The summed E-state index contributed by atoms with van der Waals surface area (Å²) in [5.41, 5.74) is 1.64. The number of benzene rings is 2. The second kappa shape index (κ2) is 7.17. The maximum atomic E-state index is 12.8. The predicted octanol–water partition coefficient (Wildman–Crippen LogP) is 3.55. The van der Waals surface area contributed by atoms with Gasteiger partial charge in [0.15, 0.2) is 0 Å². The second-order valence-electron chi connectivity index (χ2n) is 5.68. The summed E-state index contributed by atoms with van der Waals surface area (Å²) in [4.78, 5) is 4.30. The molecule has 0 fully saturated rings. The van der Waals surface area contributed by atoms with E-state index in [1.165, 1.54) is 6.07 Å². The summed E-state index contributed by atoms with van der Waals surface area (Å²) in [7, 11) is -3.77. The van der Waals surface area contributed by atoms with Crippen molar-refractivity contribution in [3.63, 3.8) is 0 Å². The summed E-state index contributed by atoms with van der Waals surface area (Å²) >= 11 is 0. The van der Waals surface area contributed by atoms with Gasteiger partial charge in [0.2, 0.25) is 11.7 Å². The Labute approximate surface area is 152 Å². The molecular formula is C18H19N3O4S. The number of hydrogen-bond donors (Lipinski definition) is 1. The predicted molar refractivity (Wildman–Crippen MR) is 97.6 cm³/mol. The Balaban J connectivity index is 1.91. The molecule has 0 saturated carbocycles. The minimum atomic E-state index is -3.77. The monoisotopic (exact) mass is 373 g/mol. The van der Waals surface area contributed by atoms with Gasteiger partial charge in [-0.05, 0) is 49.7 Å². The second-order valence-corrected chi connectivity index (χ2v) is 7.33. The lowest BCUT2D eigenvalue weighted by atomic mass is 10.1. The molecule has 26 heavy (non-hydrogen) atoms. The Hall–Kier alpha value is -2.87. The molecule has 2 aromatic carbocycles. The first-order valence-corrected chi connectivity index (χ1v) is 9.54. The fourth-order valence-corrected chi connectivity index (χ4v) is 3.77. The van der Waals surface area contributed by atoms with Crippen LogP contribution in [-0.2, 0) is 10.0 Å². The SMILES string of the molecule is CCOc1ccc(NS(=O)(=O)c2cc(-c3noc(C)n3)ccc2C)cc1. The van der Waals surface area contributed by atoms with Crippen LogP contribution in [0.1, 0.15) is 18.4 Å². The number of nitrogens with one attached hydrogen (secondary N) is 1. The third-order valence-corrected chi connectivity index (χ3v) is 5.20. The lowest BCUT2D eigenvalue weighted by Gasteiger charge is -2.12. The molecule has 3 aromatic rings. The summed E-state index contributed by atoms with van der Waals surface area (Å²) in [6, 6.07) is 11.8. The molecule has 0 unspecified atom stereocenters. The molecule has 0 amide bonds. The van der Waals surface area contributed by atoms with Gasteiger partial charge >= 0.3 is 0 Å². The number of rotatable bonds is 6. The molecule has 0 atom stereocenters. The van der Waals surface area contributed by atoms with Crippen LogP contribution in [0.3, 0.4) is 0 Å². The van der Waals surface area contributed by atoms with Gasteiger partial charge in [0, 0.05) is 18.2 Å². The van der Waals surface area contributed by atoms with Crippen molar-refractivity contribution in [3.8, 4) is 17.1 Å². The average Bonchev–Trinajstić information content (AvgIpc) is 3.03. The normalized spacial score (nSPS) is 11.3. The molecule has 8 heteroatoms. The van der Waals surface area contributed by atoms with E-state index in [2.05, 4.69) is 14.9 Å². The van der Waals surface area contributed by atoms with Crippen LogP contribution in [-0.4, -0.2) is 25.2 Å². The molecule has 136 valence electrons. The van der Waals surface area contributed by atoms with Crippen LogP contribution in [0.2, 0.25) is 0 Å². The van der Waals surface area contributed by atoms with E-state index in [4.69, 9.17) is 9.26 Å². The van der Waals surface area contributed by atoms with Crippen LogP contribution in [0.25, 0.3) is 11.4 Å². The van der Waals surface area contributed by atoms with E-state index in [0.717, 1.165) is 0 Å². The van der Waals surface area contributed by atoms with Crippen molar-refractivity contribution in [1.82, 2.24) is 10.1 Å². The Morgan fingerprint density at radius 3 is 2.46 bits per heavy atom. The van der Waals surface area contributed by atoms with Crippen molar-refractivity contribution in [2.45, 2.75) is 25.7 Å². The van der Waals surface area contributed by atoms with Crippen LogP contribution < -0.4 is 9.46 Å². The van der Waals surface area contributed by atoms with Crippen molar-refractivity contribution < 1.29 is 17.7 Å². The molecular weight excluding hydrogens is 354 g/mol. The van der Waals surface area contributed by atoms with Gasteiger partial charge in [-0.25, -0.2) is 8.42 Å². The lowest BCUT2D eigenvalue weighted by molar-refractivity contribution is 0.340. The first-order valence-electron chi connectivity index (χ1n) is 8.06. The Morgan fingerprint density at radius 1 is 1.12 bits per heavy atom. The van der Waals surface area contributed by atoms with Gasteiger partial charge < -0.3 is 9.26 Å². The number of ether oxygens (including phenoxy) is 1. The van der Waals surface area contributed by atoms with E-state index in [1.54, 1.807) is 50.2 Å². The van der Waals surface area contributed by atoms with Crippen LogP contribution in [0.5, 0.6) is 5.75 Å². The van der Waals surface area contributed by atoms with Crippen LogP contribution >= 0.6 is 0 Å². The zero-order valence-corrected chi connectivity index (χ0v) is 15.5. The van der Waals surface area contributed by atoms with E-state index in [-0.39, 0.29) is 4.90 Å². The number of aryl methyl sites for hydroxylation is 2. The zero-order chi connectivity index (χ0) is 18.7. The van der Waals surface area contributed by atoms with Crippen molar-refractivity contribution in [1.29, 1.82) is 0 Å². The smallest absolute Gasteiger partial charge is 0.262 e. The topological polar surface area (TPSA) is 94.3 Å². The molecule has 1 N–H and O–H groups in total. The number of hydrogen-bond acceptors (Lipinski definition) is 6. The maximum Gasteiger partial charge on any atom is 0.262 e. The van der Waals surface area contributed by atoms with Crippen molar-refractivity contribution in [2.75, 3.05) is 11.3 Å². The molecule has 0 radical (unpaired) electrons. The van der Waals surface area contributed by atoms with Crippen LogP contribution in [0.4, 0.5) is 5.69 Å². The minimum absolute atomic E-state index is 0.159. The molecule has 0 aliphatic heterocycles. The first-order chi connectivity index (χ1) is 12.4. The molecule has 3 rings (SSSR count). The van der Waals surface area contributed by atoms with Crippen LogP contribution in [0, 0.1) is 13.8 Å². The van der Waals surface area contributed by atoms with Gasteiger partial charge in [0.25, 0.3) is 10.0 Å². The first kappa shape index (κ1) is 17.9. The van der Waals surface area contributed by atoms with Gasteiger partial charge in [-0.1, -0.05) is 17.3 Å². The lowest BCUT2D eigenvalue weighted by Crippen LogP contribution is -2.14. The van der Waals surface area contributed by atoms with Gasteiger partial charge in [0.1, 0.15) is 5.75 Å². The van der Waals surface area contributed by atoms with E-state index in [9.17, 15) is 8.42 Å². The fourth-order valence-electron chi connectivity index (χ4n) is 2.44. The standard InChI is InChI=1S/C18H19N3O4S/c1-4-24-16-9-7-15(8-10-16)21-26(22,23)17-11-14(6-5-12(17)2)18-19-13(3)25-20-18/h5-11,21H,4H2,1-3H3. The van der Waals surface area contributed by atoms with Gasteiger partial charge in [-0.3, -0.25) is 4.72 Å². The summed E-state index contributed by atoms with van der Waals surface area (Å²) < 4.78 is 38.5. The summed E-state index contributed by atoms with van der Waals surface area (Å²) in [5.74, 6) is 1.44. The molecule has 1 aromatic heterocycles. The largest absolute Gasteiger partial charge is 0.494 e. The highest BCUT2D eigenvalue weighted by Gasteiger charge is 2.19. The number of aromatic nitrogens is 2. The van der Waals surface area contributed by atoms with E-state index >= 15 is 0 Å². The average molecular weight is 373 g/mol. The van der Waals surface area contributed by atoms with E-state index in [0.29, 0.717) is 40.9 Å². The Bertz CT molecular complexity index is 1010. The van der Waals surface area contributed by atoms with Crippen LogP contribution in [0.15, 0.2) is 51.9 Å². The molecule has 0 aliphatic rings. The number of sulfonamides is 1. The third kappa shape index (κ3) is 3.85. The quantitative estimate of drug-likeness (QED) is 0.710. The maximum absolute atomic E-state index is 12.8. The Kier molecular flexibility index (Phi) is 4.94. The molecule has 1 heterocycles. The van der Waals surface area contributed by atoms with Gasteiger partial charge in [-0.15, -0.1) is 0 Å². The van der Waals surface area contributed by atoms with Crippen molar-refractivity contribution >= 4 is 15.7 Å². The Morgan fingerprint density at radius 2 is 1.85 bits per heavy atom. The highest BCUT2D eigenvalue weighted by Crippen LogP contribution is 2.26. The van der Waals surface area contributed by atoms with Crippen molar-refractivity contribution in [2.24, 2.45) is 0 Å². The molecule has 0 saturated heterocycles. The molecule has 7 nitrogen and oxygen atoms in total. The third-order valence-electron chi connectivity index (χ3n) is 3.68. The van der Waals surface area contributed by atoms with Gasteiger partial charge in [0.05, 0.1) is 11.5 Å². The summed E-state index contributed by atoms with van der Waals surface area (Å²) in [5, 5.41) is 3.83. The fraction of sp³-hybridized carbons (Fsp3) is 0.222. The van der Waals surface area contributed by atoms with E-state index in [1.807, 2.05) is 6.92 Å². The minimum Gasteiger partial charge on any atom is -0.494 e. The highest BCUT2D eigenvalue weighted by atomic mass is 32.2. The van der Waals surface area contributed by atoms with E-state index < -0.39 is 10.0 Å². The zero-order valence-electron chi connectivity index (χ0n) is 14.7. The highest BCUT2D eigenvalue weighted by molar-refractivity contribution is 7.92. The number of nitrogens with zero attached hydrogens (tertiary/aromatic N) is 2. The molecule has 0 bridgehead atoms.